The Labute approximate surface area is 96.3 Å². The van der Waals surface area contributed by atoms with Crippen LogP contribution in [0.25, 0.3) is 0 Å². The first-order valence-electron chi connectivity index (χ1n) is 6.09. The molecule has 2 bridgehead atoms. The summed E-state index contributed by atoms with van der Waals surface area (Å²) in [7, 11) is 0. The highest BCUT2D eigenvalue weighted by molar-refractivity contribution is 5.88. The molecule has 1 saturated heterocycles. The highest BCUT2D eigenvalue weighted by Gasteiger charge is 2.46. The molecule has 2 unspecified atom stereocenters. The highest BCUT2D eigenvalue weighted by atomic mass is 16.1. The minimum atomic E-state index is 0.0370. The van der Waals surface area contributed by atoms with Crippen molar-refractivity contribution in [2.45, 2.75) is 44.8 Å². The van der Waals surface area contributed by atoms with Crippen molar-refractivity contribution in [3.63, 3.8) is 0 Å². The SMILES string of the molecule is CC(C)N1C2CCC(=O)C1c1ccccc12. The third-order valence-corrected chi connectivity index (χ3v) is 3.87. The number of ketones is 1. The second-order valence-corrected chi connectivity index (χ2v) is 5.09. The molecule has 0 spiro atoms. The van der Waals surface area contributed by atoms with Crippen molar-refractivity contribution in [2.75, 3.05) is 0 Å². The first-order chi connectivity index (χ1) is 7.70. The lowest BCUT2D eigenvalue weighted by Crippen LogP contribution is -2.40. The fraction of sp³-hybridized carbons (Fsp3) is 0.500. The van der Waals surface area contributed by atoms with Gasteiger partial charge in [0.2, 0.25) is 0 Å². The first kappa shape index (κ1) is 10.0. The Bertz CT molecular complexity index is 438. The summed E-state index contributed by atoms with van der Waals surface area (Å²) in [5.41, 5.74) is 2.63. The van der Waals surface area contributed by atoms with Gasteiger partial charge < -0.3 is 0 Å². The van der Waals surface area contributed by atoms with Crippen LogP contribution in [0.1, 0.15) is 49.9 Å². The lowest BCUT2D eigenvalue weighted by atomic mass is 9.97. The third-order valence-electron chi connectivity index (χ3n) is 3.87. The van der Waals surface area contributed by atoms with E-state index in [0.717, 1.165) is 12.8 Å². The van der Waals surface area contributed by atoms with Gasteiger partial charge in [-0.05, 0) is 31.4 Å². The van der Waals surface area contributed by atoms with Gasteiger partial charge in [0, 0.05) is 18.5 Å². The van der Waals surface area contributed by atoms with Crippen LogP contribution < -0.4 is 0 Å². The smallest absolute Gasteiger partial charge is 0.154 e. The van der Waals surface area contributed by atoms with E-state index in [2.05, 4.69) is 36.9 Å². The van der Waals surface area contributed by atoms with Gasteiger partial charge in [-0.15, -0.1) is 0 Å². The maximum absolute atomic E-state index is 12.1. The Balaban J connectivity index is 2.15. The predicted molar refractivity (Wildman–Crippen MR) is 63.1 cm³/mol. The molecule has 0 radical (unpaired) electrons. The zero-order valence-electron chi connectivity index (χ0n) is 9.81. The summed E-state index contributed by atoms with van der Waals surface area (Å²) < 4.78 is 0. The van der Waals surface area contributed by atoms with Crippen molar-refractivity contribution in [2.24, 2.45) is 0 Å². The van der Waals surface area contributed by atoms with Gasteiger partial charge in [-0.3, -0.25) is 9.69 Å². The maximum atomic E-state index is 12.1. The van der Waals surface area contributed by atoms with E-state index in [9.17, 15) is 4.79 Å². The number of piperidine rings is 1. The molecule has 84 valence electrons. The number of hydrogen-bond donors (Lipinski definition) is 0. The van der Waals surface area contributed by atoms with Gasteiger partial charge >= 0.3 is 0 Å². The Morgan fingerprint density at radius 1 is 1.25 bits per heavy atom. The van der Waals surface area contributed by atoms with Gasteiger partial charge in [-0.2, -0.15) is 0 Å². The molecule has 1 aromatic carbocycles. The topological polar surface area (TPSA) is 20.3 Å². The number of benzene rings is 1. The van der Waals surface area contributed by atoms with Crippen molar-refractivity contribution in [1.82, 2.24) is 4.90 Å². The Hall–Kier alpha value is -1.15. The molecule has 2 atom stereocenters. The highest BCUT2D eigenvalue weighted by Crippen LogP contribution is 2.49. The minimum absolute atomic E-state index is 0.0370. The number of hydrogen-bond acceptors (Lipinski definition) is 2. The number of nitrogens with zero attached hydrogens (tertiary/aromatic N) is 1. The maximum Gasteiger partial charge on any atom is 0.154 e. The summed E-state index contributed by atoms with van der Waals surface area (Å²) >= 11 is 0. The molecular weight excluding hydrogens is 198 g/mol. The Morgan fingerprint density at radius 3 is 2.62 bits per heavy atom. The van der Waals surface area contributed by atoms with E-state index < -0.39 is 0 Å². The van der Waals surface area contributed by atoms with Crippen LogP contribution in [0, 0.1) is 0 Å². The van der Waals surface area contributed by atoms with Gasteiger partial charge in [0.15, 0.2) is 5.78 Å². The Kier molecular flexibility index (Phi) is 2.15. The molecule has 0 saturated carbocycles. The molecule has 16 heavy (non-hydrogen) atoms. The van der Waals surface area contributed by atoms with Crippen LogP contribution in [-0.2, 0) is 4.79 Å². The molecular formula is C14H17NO. The summed E-state index contributed by atoms with van der Waals surface area (Å²) in [6.45, 7) is 4.37. The molecule has 2 heterocycles. The van der Waals surface area contributed by atoms with Crippen LogP contribution in [0.4, 0.5) is 0 Å². The predicted octanol–water partition coefficient (Wildman–Crippen LogP) is 2.86. The van der Waals surface area contributed by atoms with Gasteiger partial charge in [0.25, 0.3) is 0 Å². The average molecular weight is 215 g/mol. The van der Waals surface area contributed by atoms with Crippen LogP contribution in [0.3, 0.4) is 0 Å². The molecule has 1 aromatic rings. The molecule has 0 aromatic heterocycles. The van der Waals surface area contributed by atoms with Gasteiger partial charge in [-0.25, -0.2) is 0 Å². The zero-order chi connectivity index (χ0) is 11.3. The molecule has 0 aliphatic carbocycles. The Morgan fingerprint density at radius 2 is 1.94 bits per heavy atom. The van der Waals surface area contributed by atoms with E-state index in [1.165, 1.54) is 11.1 Å². The number of Topliss-reactive ketones (excluding diaryl/α,β-unsaturated/α-hetero) is 1. The molecule has 0 N–H and O–H groups in total. The van der Waals surface area contributed by atoms with Crippen molar-refractivity contribution in [3.8, 4) is 0 Å². The second-order valence-electron chi connectivity index (χ2n) is 5.09. The summed E-state index contributed by atoms with van der Waals surface area (Å²) in [5.74, 6) is 0.398. The first-order valence-corrected chi connectivity index (χ1v) is 6.09. The largest absolute Gasteiger partial charge is 0.298 e. The molecule has 0 amide bonds. The van der Waals surface area contributed by atoms with Crippen LogP contribution in [-0.4, -0.2) is 16.7 Å². The number of rotatable bonds is 1. The molecule has 2 aliphatic heterocycles. The second kappa shape index (κ2) is 3.42. The van der Waals surface area contributed by atoms with Gasteiger partial charge in [-0.1, -0.05) is 24.3 Å². The van der Waals surface area contributed by atoms with Crippen LogP contribution >= 0.6 is 0 Å². The fourth-order valence-corrected chi connectivity index (χ4v) is 3.28. The summed E-state index contributed by atoms with van der Waals surface area (Å²) in [6.07, 6.45) is 1.73. The zero-order valence-corrected chi connectivity index (χ0v) is 9.81. The van der Waals surface area contributed by atoms with E-state index in [0.29, 0.717) is 17.9 Å². The molecule has 2 nitrogen and oxygen atoms in total. The van der Waals surface area contributed by atoms with Crippen molar-refractivity contribution >= 4 is 5.78 Å². The van der Waals surface area contributed by atoms with Crippen LogP contribution in [0.15, 0.2) is 24.3 Å². The third kappa shape index (κ3) is 1.20. The standard InChI is InChI=1S/C14H17NO/c1-9(2)15-12-7-8-13(16)14(15)11-6-4-3-5-10(11)12/h3-6,9,12,14H,7-8H2,1-2H3. The lowest BCUT2D eigenvalue weighted by molar-refractivity contribution is -0.129. The average Bonchev–Trinajstić information content (AvgIpc) is 2.54. The van der Waals surface area contributed by atoms with Crippen molar-refractivity contribution in [1.29, 1.82) is 0 Å². The van der Waals surface area contributed by atoms with Crippen LogP contribution in [0.2, 0.25) is 0 Å². The molecule has 1 fully saturated rings. The number of carbonyl (C=O) groups is 1. The summed E-state index contributed by atoms with van der Waals surface area (Å²) in [4.78, 5) is 14.5. The van der Waals surface area contributed by atoms with Gasteiger partial charge in [0.1, 0.15) is 0 Å². The van der Waals surface area contributed by atoms with E-state index >= 15 is 0 Å². The minimum Gasteiger partial charge on any atom is -0.298 e. The van der Waals surface area contributed by atoms with Gasteiger partial charge in [0.05, 0.1) is 6.04 Å². The molecule has 2 heteroatoms. The van der Waals surface area contributed by atoms with E-state index in [4.69, 9.17) is 0 Å². The van der Waals surface area contributed by atoms with Crippen molar-refractivity contribution in [3.05, 3.63) is 35.4 Å². The summed E-state index contributed by atoms with van der Waals surface area (Å²) in [6, 6.07) is 9.39. The quantitative estimate of drug-likeness (QED) is 0.718. The van der Waals surface area contributed by atoms with Crippen molar-refractivity contribution < 1.29 is 4.79 Å². The number of carbonyl (C=O) groups excluding carboxylic acids is 1. The number of fused-ring (bicyclic) bond motifs is 5. The fourth-order valence-electron chi connectivity index (χ4n) is 3.28. The normalized spacial score (nSPS) is 28.6. The monoisotopic (exact) mass is 215 g/mol. The van der Waals surface area contributed by atoms with E-state index in [1.807, 2.05) is 6.07 Å². The molecule has 2 aliphatic rings. The lowest BCUT2D eigenvalue weighted by Gasteiger charge is -2.37. The van der Waals surface area contributed by atoms with E-state index in [-0.39, 0.29) is 6.04 Å². The molecule has 3 rings (SSSR count). The summed E-state index contributed by atoms with van der Waals surface area (Å²) in [5, 5.41) is 0. The van der Waals surface area contributed by atoms with E-state index in [1.54, 1.807) is 0 Å². The van der Waals surface area contributed by atoms with Crippen LogP contribution in [0.5, 0.6) is 0 Å².